The fraction of sp³-hybridized carbons (Fsp3) is 0.722. The highest BCUT2D eigenvalue weighted by atomic mass is 127. The Kier molecular flexibility index (Phi) is 9.81. The number of hydrogen-bond donors (Lipinski definition) is 3. The summed E-state index contributed by atoms with van der Waals surface area (Å²) in [7, 11) is 0. The van der Waals surface area contributed by atoms with Crippen LogP contribution in [-0.4, -0.2) is 43.9 Å². The topological polar surface area (TPSA) is 79.0 Å². The monoisotopic (exact) mass is 465 g/mol. The highest BCUT2D eigenvalue weighted by molar-refractivity contribution is 14.0. The van der Waals surface area contributed by atoms with Crippen LogP contribution in [0.1, 0.15) is 44.6 Å². The molecule has 25 heavy (non-hydrogen) atoms. The van der Waals surface area contributed by atoms with Crippen molar-refractivity contribution in [2.24, 2.45) is 10.9 Å². The van der Waals surface area contributed by atoms with Crippen molar-refractivity contribution in [3.05, 3.63) is 23.7 Å². The summed E-state index contributed by atoms with van der Waals surface area (Å²) in [6.45, 7) is 9.05. The Morgan fingerprint density at radius 1 is 1.40 bits per heavy atom. The highest BCUT2D eigenvalue weighted by Crippen LogP contribution is 2.28. The van der Waals surface area contributed by atoms with Crippen LogP contribution in [0.25, 0.3) is 0 Å². The number of aryl methyl sites for hydroxylation is 1. The van der Waals surface area contributed by atoms with Gasteiger partial charge < -0.3 is 24.9 Å². The summed E-state index contributed by atoms with van der Waals surface area (Å²) in [6.07, 6.45) is 3.58. The lowest BCUT2D eigenvalue weighted by atomic mass is 10.0. The molecule has 1 saturated carbocycles. The average molecular weight is 465 g/mol. The van der Waals surface area contributed by atoms with E-state index in [2.05, 4.69) is 15.6 Å². The number of rotatable bonds is 10. The maximum atomic E-state index is 10.5. The fourth-order valence-electron chi connectivity index (χ4n) is 2.29. The number of nitrogens with zero attached hydrogens (tertiary/aromatic N) is 1. The van der Waals surface area contributed by atoms with Gasteiger partial charge in [0.15, 0.2) is 5.96 Å². The van der Waals surface area contributed by atoms with E-state index in [-0.39, 0.29) is 30.5 Å². The second-order valence-corrected chi connectivity index (χ2v) is 6.68. The Morgan fingerprint density at radius 3 is 2.76 bits per heavy atom. The molecule has 2 rings (SSSR count). The van der Waals surface area contributed by atoms with E-state index >= 15 is 0 Å². The first kappa shape index (κ1) is 22.2. The molecule has 1 heterocycles. The van der Waals surface area contributed by atoms with Crippen molar-refractivity contribution in [1.82, 2.24) is 10.6 Å². The molecule has 1 atom stereocenters. The lowest BCUT2D eigenvalue weighted by molar-refractivity contribution is 0.0428. The molecular weight excluding hydrogens is 433 g/mol. The van der Waals surface area contributed by atoms with E-state index < -0.39 is 5.60 Å². The van der Waals surface area contributed by atoms with Gasteiger partial charge in [0.2, 0.25) is 0 Å². The number of guanidine groups is 1. The van der Waals surface area contributed by atoms with E-state index in [0.29, 0.717) is 11.7 Å². The summed E-state index contributed by atoms with van der Waals surface area (Å²) in [6, 6.07) is 3.64. The smallest absolute Gasteiger partial charge is 0.191 e. The Hall–Kier alpha value is -0.800. The summed E-state index contributed by atoms with van der Waals surface area (Å²) in [5.41, 5.74) is -1.12. The number of ether oxygens (including phenoxy) is 1. The van der Waals surface area contributed by atoms with Gasteiger partial charge in [0.05, 0.1) is 6.54 Å². The van der Waals surface area contributed by atoms with Crippen molar-refractivity contribution in [2.45, 2.75) is 45.6 Å². The Balaban J connectivity index is 0.00000312. The second kappa shape index (κ2) is 11.0. The lowest BCUT2D eigenvalue weighted by Crippen LogP contribution is -2.39. The third kappa shape index (κ3) is 8.42. The van der Waals surface area contributed by atoms with Crippen molar-refractivity contribution in [1.29, 1.82) is 0 Å². The lowest BCUT2D eigenvalue weighted by Gasteiger charge is -2.19. The van der Waals surface area contributed by atoms with Gasteiger partial charge in [0.25, 0.3) is 0 Å². The van der Waals surface area contributed by atoms with Crippen LogP contribution in [0.4, 0.5) is 0 Å². The molecule has 1 aliphatic carbocycles. The van der Waals surface area contributed by atoms with E-state index in [4.69, 9.17) is 9.15 Å². The first-order valence-corrected chi connectivity index (χ1v) is 8.90. The van der Waals surface area contributed by atoms with Crippen LogP contribution in [0.5, 0.6) is 0 Å². The van der Waals surface area contributed by atoms with Gasteiger partial charge in [0, 0.05) is 26.3 Å². The molecule has 0 saturated heterocycles. The van der Waals surface area contributed by atoms with Gasteiger partial charge in [0.1, 0.15) is 17.1 Å². The van der Waals surface area contributed by atoms with Gasteiger partial charge in [-0.3, -0.25) is 0 Å². The van der Waals surface area contributed by atoms with Crippen molar-refractivity contribution >= 4 is 29.9 Å². The summed E-state index contributed by atoms with van der Waals surface area (Å²) in [5.74, 6) is 2.83. The minimum absolute atomic E-state index is 0. The van der Waals surface area contributed by atoms with Crippen LogP contribution < -0.4 is 10.6 Å². The van der Waals surface area contributed by atoms with Gasteiger partial charge in [-0.05, 0) is 58.1 Å². The minimum atomic E-state index is -1.12. The molecule has 0 amide bonds. The fourth-order valence-corrected chi connectivity index (χ4v) is 2.29. The van der Waals surface area contributed by atoms with Crippen molar-refractivity contribution in [2.75, 3.05) is 32.8 Å². The first-order valence-electron chi connectivity index (χ1n) is 8.90. The number of nitrogens with one attached hydrogen (secondary N) is 2. The second-order valence-electron chi connectivity index (χ2n) is 6.68. The summed E-state index contributed by atoms with van der Waals surface area (Å²) >= 11 is 0. The van der Waals surface area contributed by atoms with Gasteiger partial charge in [-0.1, -0.05) is 0 Å². The summed E-state index contributed by atoms with van der Waals surface area (Å²) in [4.78, 5) is 4.47. The average Bonchev–Trinajstić information content (AvgIpc) is 3.26. The molecule has 0 bridgehead atoms. The molecule has 1 aliphatic rings. The van der Waals surface area contributed by atoms with E-state index in [1.165, 1.54) is 12.8 Å². The van der Waals surface area contributed by atoms with Crippen LogP contribution in [0.3, 0.4) is 0 Å². The molecule has 0 aliphatic heterocycles. The third-order valence-electron chi connectivity index (χ3n) is 3.97. The van der Waals surface area contributed by atoms with Gasteiger partial charge in [-0.2, -0.15) is 0 Å². The van der Waals surface area contributed by atoms with E-state index in [1.54, 1.807) is 13.0 Å². The number of furan rings is 1. The van der Waals surface area contributed by atoms with Crippen LogP contribution in [0, 0.1) is 12.8 Å². The zero-order chi connectivity index (χ0) is 17.4. The molecule has 1 unspecified atom stereocenters. The number of aliphatic imine (C=N–C) groups is 1. The maximum absolute atomic E-state index is 10.5. The number of aliphatic hydroxyl groups is 1. The quantitative estimate of drug-likeness (QED) is 0.214. The molecule has 6 nitrogen and oxygen atoms in total. The van der Waals surface area contributed by atoms with E-state index in [9.17, 15) is 5.11 Å². The van der Waals surface area contributed by atoms with Gasteiger partial charge in [-0.25, -0.2) is 4.99 Å². The van der Waals surface area contributed by atoms with Crippen LogP contribution >= 0.6 is 24.0 Å². The van der Waals surface area contributed by atoms with Crippen LogP contribution in [0.2, 0.25) is 0 Å². The van der Waals surface area contributed by atoms with Gasteiger partial charge >= 0.3 is 0 Å². The van der Waals surface area contributed by atoms with E-state index in [0.717, 1.165) is 44.4 Å². The molecule has 0 radical (unpaired) electrons. The standard InChI is InChI=1S/C18H31N3O3.HI/c1-4-19-17(20-10-5-11-23-12-15-7-8-15)21-13-18(3,22)16-9-6-14(2)24-16;/h6,9,15,22H,4-5,7-8,10-13H2,1-3H3,(H2,19,20,21);1H. The SMILES string of the molecule is CCNC(=NCC(C)(O)c1ccc(C)o1)NCCCOCC1CC1.I. The molecule has 0 spiro atoms. The zero-order valence-corrected chi connectivity index (χ0v) is 17.8. The maximum Gasteiger partial charge on any atom is 0.191 e. The van der Waals surface area contributed by atoms with Crippen LogP contribution in [-0.2, 0) is 10.3 Å². The predicted molar refractivity (Wildman–Crippen MR) is 111 cm³/mol. The van der Waals surface area contributed by atoms with Crippen molar-refractivity contribution in [3.8, 4) is 0 Å². The molecule has 1 aromatic rings. The molecule has 1 fully saturated rings. The van der Waals surface area contributed by atoms with Crippen molar-refractivity contribution in [3.63, 3.8) is 0 Å². The molecule has 144 valence electrons. The van der Waals surface area contributed by atoms with E-state index in [1.807, 2.05) is 19.9 Å². The third-order valence-corrected chi connectivity index (χ3v) is 3.97. The first-order chi connectivity index (χ1) is 11.5. The largest absolute Gasteiger partial charge is 0.463 e. The Morgan fingerprint density at radius 2 is 2.16 bits per heavy atom. The normalized spacial score (nSPS) is 16.9. The highest BCUT2D eigenvalue weighted by Gasteiger charge is 2.26. The number of halogens is 1. The van der Waals surface area contributed by atoms with Crippen molar-refractivity contribution < 1.29 is 14.3 Å². The summed E-state index contributed by atoms with van der Waals surface area (Å²) < 4.78 is 11.1. The predicted octanol–water partition coefficient (Wildman–Crippen LogP) is 2.79. The molecule has 7 heteroatoms. The minimum Gasteiger partial charge on any atom is -0.463 e. The number of hydrogen-bond acceptors (Lipinski definition) is 4. The molecule has 3 N–H and O–H groups in total. The van der Waals surface area contributed by atoms with Crippen LogP contribution in [0.15, 0.2) is 21.5 Å². The van der Waals surface area contributed by atoms with Gasteiger partial charge in [-0.15, -0.1) is 24.0 Å². The Labute approximate surface area is 167 Å². The molecule has 0 aromatic carbocycles. The Bertz CT molecular complexity index is 527. The zero-order valence-electron chi connectivity index (χ0n) is 15.5. The molecule has 1 aromatic heterocycles. The molecular formula is C18H32IN3O3. The summed E-state index contributed by atoms with van der Waals surface area (Å²) in [5, 5.41) is 17.0.